The van der Waals surface area contributed by atoms with Crippen molar-refractivity contribution in [3.8, 4) is 0 Å². The fourth-order valence-electron chi connectivity index (χ4n) is 2.55. The fraction of sp³-hybridized carbons (Fsp3) is 0.929. The Kier molecular flexibility index (Phi) is 4.27. The summed E-state index contributed by atoms with van der Waals surface area (Å²) in [5.41, 5.74) is 0.182. The monoisotopic (exact) mass is 270 g/mol. The average molecular weight is 270 g/mol. The molecule has 0 bridgehead atoms. The molecule has 0 radical (unpaired) electrons. The van der Waals surface area contributed by atoms with E-state index in [4.69, 9.17) is 9.73 Å². The third kappa shape index (κ3) is 2.69. The van der Waals surface area contributed by atoms with Gasteiger partial charge in [0.25, 0.3) is 0 Å². The summed E-state index contributed by atoms with van der Waals surface area (Å²) in [7, 11) is 0. The van der Waals surface area contributed by atoms with Crippen LogP contribution in [0.15, 0.2) is 4.99 Å². The van der Waals surface area contributed by atoms with Crippen LogP contribution in [0.1, 0.15) is 41.0 Å². The summed E-state index contributed by atoms with van der Waals surface area (Å²) >= 11 is 1.87. The Balaban J connectivity index is 1.92. The number of hydrogen-bond acceptors (Lipinski definition) is 3. The van der Waals surface area contributed by atoms with E-state index >= 15 is 0 Å². The van der Waals surface area contributed by atoms with Crippen LogP contribution in [0.5, 0.6) is 0 Å². The predicted octanol–water partition coefficient (Wildman–Crippen LogP) is 2.91. The summed E-state index contributed by atoms with van der Waals surface area (Å²) < 4.78 is 5.75. The molecular formula is C14H26N2OS. The molecule has 2 fully saturated rings. The van der Waals surface area contributed by atoms with E-state index in [-0.39, 0.29) is 5.41 Å². The van der Waals surface area contributed by atoms with Gasteiger partial charge in [-0.2, -0.15) is 0 Å². The van der Waals surface area contributed by atoms with E-state index < -0.39 is 0 Å². The maximum Gasteiger partial charge on any atom is 0.157 e. The standard InChI is InChI=1S/C14H26N2OS/c1-6-17-12-7-11(14(12,4)5)16-13-15-10(8-18-13)9(2)3/h9-12H,6-8H2,1-5H3,(H,15,16). The third-order valence-corrected chi connectivity index (χ3v) is 5.30. The molecule has 1 aliphatic carbocycles. The number of ether oxygens (including phenoxy) is 1. The Morgan fingerprint density at radius 1 is 1.50 bits per heavy atom. The van der Waals surface area contributed by atoms with Gasteiger partial charge < -0.3 is 10.1 Å². The molecule has 3 nitrogen and oxygen atoms in total. The molecule has 2 rings (SSSR count). The van der Waals surface area contributed by atoms with Crippen LogP contribution < -0.4 is 5.32 Å². The third-order valence-electron chi connectivity index (χ3n) is 4.28. The molecule has 1 heterocycles. The Morgan fingerprint density at radius 2 is 2.22 bits per heavy atom. The zero-order chi connectivity index (χ0) is 13.3. The topological polar surface area (TPSA) is 33.6 Å². The normalized spacial score (nSPS) is 36.8. The molecular weight excluding hydrogens is 244 g/mol. The second-order valence-corrected chi connectivity index (χ2v) is 7.27. The second kappa shape index (κ2) is 5.41. The highest BCUT2D eigenvalue weighted by atomic mass is 32.2. The van der Waals surface area contributed by atoms with Gasteiger partial charge in [-0.15, -0.1) is 0 Å². The highest BCUT2D eigenvalue weighted by Crippen LogP contribution is 2.45. The van der Waals surface area contributed by atoms with E-state index in [0.717, 1.165) is 23.9 Å². The fourth-order valence-corrected chi connectivity index (χ4v) is 3.80. The van der Waals surface area contributed by atoms with Gasteiger partial charge in [-0.05, 0) is 19.3 Å². The molecule has 0 aromatic rings. The number of rotatable bonds is 4. The lowest BCUT2D eigenvalue weighted by atomic mass is 9.65. The van der Waals surface area contributed by atoms with Gasteiger partial charge in [-0.25, -0.2) is 0 Å². The van der Waals surface area contributed by atoms with E-state index in [1.165, 1.54) is 0 Å². The Morgan fingerprint density at radius 3 is 2.72 bits per heavy atom. The molecule has 1 N–H and O–H groups in total. The Bertz CT molecular complexity index is 328. The summed E-state index contributed by atoms with van der Waals surface area (Å²) in [5.74, 6) is 1.83. The van der Waals surface area contributed by atoms with Crippen molar-refractivity contribution < 1.29 is 4.74 Å². The van der Waals surface area contributed by atoms with Gasteiger partial charge in [0.2, 0.25) is 0 Å². The van der Waals surface area contributed by atoms with Crippen LogP contribution in [0.3, 0.4) is 0 Å². The molecule has 104 valence electrons. The first-order valence-electron chi connectivity index (χ1n) is 7.03. The van der Waals surface area contributed by atoms with Crippen molar-refractivity contribution in [3.05, 3.63) is 0 Å². The van der Waals surface area contributed by atoms with E-state index in [1.807, 2.05) is 11.8 Å². The lowest BCUT2D eigenvalue weighted by Crippen LogP contribution is -2.54. The summed E-state index contributed by atoms with van der Waals surface area (Å²) in [5, 5.41) is 4.69. The zero-order valence-corrected chi connectivity index (χ0v) is 13.0. The summed E-state index contributed by atoms with van der Waals surface area (Å²) in [4.78, 5) is 4.89. The highest BCUT2D eigenvalue weighted by molar-refractivity contribution is 8.14. The van der Waals surface area contributed by atoms with Gasteiger partial charge in [-0.1, -0.05) is 39.5 Å². The van der Waals surface area contributed by atoms with E-state index in [0.29, 0.717) is 24.1 Å². The molecule has 2 aliphatic rings. The van der Waals surface area contributed by atoms with Crippen LogP contribution in [0.25, 0.3) is 0 Å². The van der Waals surface area contributed by atoms with Crippen LogP contribution >= 0.6 is 11.8 Å². The predicted molar refractivity (Wildman–Crippen MR) is 79.3 cm³/mol. The highest BCUT2D eigenvalue weighted by Gasteiger charge is 2.49. The first kappa shape index (κ1) is 14.2. The molecule has 0 amide bonds. The number of thioether (sulfide) groups is 1. The minimum Gasteiger partial charge on any atom is -0.378 e. The smallest absolute Gasteiger partial charge is 0.157 e. The van der Waals surface area contributed by atoms with E-state index in [9.17, 15) is 0 Å². The van der Waals surface area contributed by atoms with E-state index in [1.54, 1.807) is 0 Å². The van der Waals surface area contributed by atoms with Crippen molar-refractivity contribution in [2.45, 2.75) is 59.2 Å². The van der Waals surface area contributed by atoms with Crippen LogP contribution in [0.2, 0.25) is 0 Å². The van der Waals surface area contributed by atoms with Crippen molar-refractivity contribution in [2.75, 3.05) is 12.4 Å². The van der Waals surface area contributed by atoms with Crippen molar-refractivity contribution in [2.24, 2.45) is 16.3 Å². The van der Waals surface area contributed by atoms with Gasteiger partial charge in [0.1, 0.15) is 0 Å². The largest absolute Gasteiger partial charge is 0.378 e. The van der Waals surface area contributed by atoms with Gasteiger partial charge >= 0.3 is 0 Å². The summed E-state index contributed by atoms with van der Waals surface area (Å²) in [6.07, 6.45) is 1.45. The quantitative estimate of drug-likeness (QED) is 0.853. The summed E-state index contributed by atoms with van der Waals surface area (Å²) in [6.45, 7) is 11.9. The Hall–Kier alpha value is -0.220. The molecule has 0 aromatic carbocycles. The SMILES string of the molecule is CCOC1CC(N=C2NC(C(C)C)CS2)C1(C)C. The zero-order valence-electron chi connectivity index (χ0n) is 12.2. The number of nitrogens with one attached hydrogen (secondary N) is 1. The van der Waals surface area contributed by atoms with Gasteiger partial charge in [0, 0.05) is 23.8 Å². The maximum absolute atomic E-state index is 5.75. The molecule has 3 unspecified atom stereocenters. The number of hydrogen-bond donors (Lipinski definition) is 1. The van der Waals surface area contributed by atoms with Gasteiger partial charge in [-0.3, -0.25) is 4.99 Å². The number of aliphatic imine (C=N–C) groups is 1. The molecule has 0 aromatic heterocycles. The minimum atomic E-state index is 0.182. The second-order valence-electron chi connectivity index (χ2n) is 6.26. The van der Waals surface area contributed by atoms with E-state index in [2.05, 4.69) is 39.9 Å². The molecule has 1 saturated carbocycles. The number of amidine groups is 1. The maximum atomic E-state index is 5.75. The molecule has 0 spiro atoms. The first-order valence-corrected chi connectivity index (χ1v) is 8.02. The molecule has 3 atom stereocenters. The molecule has 1 aliphatic heterocycles. The van der Waals surface area contributed by atoms with Crippen molar-refractivity contribution in [1.82, 2.24) is 5.32 Å². The van der Waals surface area contributed by atoms with Crippen LogP contribution in [0.4, 0.5) is 0 Å². The molecule has 18 heavy (non-hydrogen) atoms. The van der Waals surface area contributed by atoms with Gasteiger partial charge in [0.05, 0.1) is 12.1 Å². The molecule has 4 heteroatoms. The van der Waals surface area contributed by atoms with Crippen molar-refractivity contribution in [3.63, 3.8) is 0 Å². The van der Waals surface area contributed by atoms with Crippen LogP contribution in [-0.4, -0.2) is 35.7 Å². The van der Waals surface area contributed by atoms with Gasteiger partial charge in [0.15, 0.2) is 5.17 Å². The first-order chi connectivity index (χ1) is 8.45. The van der Waals surface area contributed by atoms with Crippen LogP contribution in [0, 0.1) is 11.3 Å². The lowest BCUT2D eigenvalue weighted by Gasteiger charge is -2.49. The van der Waals surface area contributed by atoms with Crippen LogP contribution in [-0.2, 0) is 4.74 Å². The Labute approximate surface area is 115 Å². The minimum absolute atomic E-state index is 0.182. The average Bonchev–Trinajstić information content (AvgIpc) is 2.76. The van der Waals surface area contributed by atoms with Crippen molar-refractivity contribution >= 4 is 16.9 Å². The molecule has 1 saturated heterocycles. The lowest BCUT2D eigenvalue weighted by molar-refractivity contribution is -0.103. The number of nitrogens with zero attached hydrogens (tertiary/aromatic N) is 1. The van der Waals surface area contributed by atoms with Crippen molar-refractivity contribution in [1.29, 1.82) is 0 Å². The summed E-state index contributed by atoms with van der Waals surface area (Å²) in [6, 6.07) is 0.995.